The molecule has 0 radical (unpaired) electrons. The number of aliphatic hydroxyl groups excluding tert-OH is 2. The van der Waals surface area contributed by atoms with Crippen LogP contribution in [0.4, 0.5) is 18.9 Å². The van der Waals surface area contributed by atoms with Crippen molar-refractivity contribution in [2.75, 3.05) is 31.1 Å². The van der Waals surface area contributed by atoms with E-state index in [-0.39, 0.29) is 18.6 Å². The maximum Gasteiger partial charge on any atom is 0.416 e. The second-order valence-electron chi connectivity index (χ2n) is 9.28. The van der Waals surface area contributed by atoms with Gasteiger partial charge in [0.2, 0.25) is 0 Å². The number of hydrogen-bond donors (Lipinski definition) is 2. The molecular weight excluding hydrogens is 513 g/mol. The van der Waals surface area contributed by atoms with Crippen LogP contribution in [0.25, 0.3) is 0 Å². The fraction of sp³-hybridized carbons (Fsp3) is 0.310. The van der Waals surface area contributed by atoms with Gasteiger partial charge in [0.25, 0.3) is 5.91 Å². The molecule has 1 amide bonds. The molecule has 1 saturated heterocycles. The molecular formula is C29H29F3N2O5. The van der Waals surface area contributed by atoms with Crippen LogP contribution in [0.1, 0.15) is 17.5 Å². The molecule has 1 aliphatic rings. The lowest BCUT2D eigenvalue weighted by Crippen LogP contribution is -2.54. The van der Waals surface area contributed by atoms with E-state index in [9.17, 15) is 33.0 Å². The molecule has 2 atom stereocenters. The first-order valence-corrected chi connectivity index (χ1v) is 12.5. The van der Waals surface area contributed by atoms with Crippen LogP contribution in [0.15, 0.2) is 78.9 Å². The Bertz CT molecular complexity index is 1260. The van der Waals surface area contributed by atoms with Crippen LogP contribution in [0.5, 0.6) is 11.5 Å². The molecule has 1 aliphatic heterocycles. The van der Waals surface area contributed by atoms with Crippen LogP contribution in [-0.4, -0.2) is 65.2 Å². The summed E-state index contributed by atoms with van der Waals surface area (Å²) >= 11 is 0. The van der Waals surface area contributed by atoms with E-state index in [1.807, 2.05) is 30.3 Å². The van der Waals surface area contributed by atoms with Crippen molar-refractivity contribution < 1.29 is 37.7 Å². The molecule has 1 fully saturated rings. The number of aryl methyl sites for hydroxylation is 1. The average Bonchev–Trinajstić information content (AvgIpc) is 2.95. The number of ketones is 1. The Kier molecular flexibility index (Phi) is 8.88. The van der Waals surface area contributed by atoms with E-state index in [1.54, 1.807) is 24.3 Å². The van der Waals surface area contributed by atoms with E-state index in [1.165, 1.54) is 17.0 Å². The van der Waals surface area contributed by atoms with Gasteiger partial charge in [0.15, 0.2) is 11.9 Å². The predicted octanol–water partition coefficient (Wildman–Crippen LogP) is 4.07. The van der Waals surface area contributed by atoms with Crippen molar-refractivity contribution in [3.63, 3.8) is 0 Å². The fourth-order valence-electron chi connectivity index (χ4n) is 4.33. The molecule has 3 aromatic carbocycles. The summed E-state index contributed by atoms with van der Waals surface area (Å²) in [5, 5.41) is 20.7. The highest BCUT2D eigenvalue weighted by Gasteiger charge is 2.34. The number of nitrogens with zero attached hydrogens (tertiary/aromatic N) is 2. The van der Waals surface area contributed by atoms with Crippen molar-refractivity contribution in [2.45, 2.75) is 31.2 Å². The Hall–Kier alpha value is -3.89. The van der Waals surface area contributed by atoms with Crippen molar-refractivity contribution in [2.24, 2.45) is 0 Å². The van der Waals surface area contributed by atoms with E-state index in [2.05, 4.69) is 4.90 Å². The van der Waals surface area contributed by atoms with E-state index in [0.29, 0.717) is 37.5 Å². The lowest BCUT2D eigenvalue weighted by atomic mass is 10.0. The number of piperazine rings is 1. The smallest absolute Gasteiger partial charge is 0.416 e. The minimum absolute atomic E-state index is 0.0380. The summed E-state index contributed by atoms with van der Waals surface area (Å²) < 4.78 is 44.2. The fourth-order valence-corrected chi connectivity index (χ4v) is 4.33. The summed E-state index contributed by atoms with van der Waals surface area (Å²) in [6.45, 7) is 1.86. The molecule has 7 nitrogen and oxygen atoms in total. The number of benzene rings is 3. The third-order valence-corrected chi connectivity index (χ3v) is 6.58. The molecule has 0 aliphatic carbocycles. The summed E-state index contributed by atoms with van der Waals surface area (Å²) in [6, 6.07) is 20.7. The zero-order valence-corrected chi connectivity index (χ0v) is 21.1. The van der Waals surface area contributed by atoms with Crippen LogP contribution in [-0.2, 0) is 22.2 Å². The number of Topliss-reactive ketones (excluding diaryl/α,β-unsaturated/α-hetero) is 1. The second kappa shape index (κ2) is 12.3. The van der Waals surface area contributed by atoms with Gasteiger partial charge in [-0.15, -0.1) is 0 Å². The van der Waals surface area contributed by atoms with E-state index < -0.39 is 35.6 Å². The molecule has 0 aromatic heterocycles. The van der Waals surface area contributed by atoms with E-state index in [4.69, 9.17) is 4.74 Å². The highest BCUT2D eigenvalue weighted by molar-refractivity contribution is 5.92. The molecule has 1 heterocycles. The van der Waals surface area contributed by atoms with Gasteiger partial charge >= 0.3 is 6.18 Å². The molecule has 206 valence electrons. The largest absolute Gasteiger partial charge is 0.457 e. The predicted molar refractivity (Wildman–Crippen MR) is 139 cm³/mol. The van der Waals surface area contributed by atoms with Gasteiger partial charge in [0, 0.05) is 38.3 Å². The number of amides is 1. The zero-order chi connectivity index (χ0) is 28.0. The van der Waals surface area contributed by atoms with Gasteiger partial charge in [-0.1, -0.05) is 36.4 Å². The Morgan fingerprint density at radius 2 is 1.49 bits per heavy atom. The standard InChI is InChI=1S/C29H29F3N2O5/c30-29(31,32)21-5-4-8-24(19-21)39-23-12-9-20(10-13-23)11-14-25(35)26(36)27(37)28(38)34-17-15-33(16-18-34)22-6-2-1-3-7-22/h1-10,12-13,19,26-27,36-37H,11,14-18H2/t26-,27+/m0/s1. The van der Waals surface area contributed by atoms with Crippen LogP contribution in [0.2, 0.25) is 0 Å². The topological polar surface area (TPSA) is 90.3 Å². The Morgan fingerprint density at radius 1 is 0.821 bits per heavy atom. The maximum absolute atomic E-state index is 12.9. The average molecular weight is 543 g/mol. The first-order valence-electron chi connectivity index (χ1n) is 12.5. The lowest BCUT2D eigenvalue weighted by Gasteiger charge is -2.37. The van der Waals surface area contributed by atoms with Crippen LogP contribution in [0, 0.1) is 0 Å². The van der Waals surface area contributed by atoms with E-state index in [0.717, 1.165) is 17.8 Å². The molecule has 39 heavy (non-hydrogen) atoms. The number of para-hydroxylation sites is 1. The summed E-state index contributed by atoms with van der Waals surface area (Å²) in [4.78, 5) is 28.8. The van der Waals surface area contributed by atoms with Gasteiger partial charge in [-0.2, -0.15) is 13.2 Å². The molecule has 10 heteroatoms. The molecule has 0 unspecified atom stereocenters. The van der Waals surface area contributed by atoms with Crippen molar-refractivity contribution in [3.8, 4) is 11.5 Å². The first-order chi connectivity index (χ1) is 18.6. The SMILES string of the molecule is O=C(CCc1ccc(Oc2cccc(C(F)(F)F)c2)cc1)[C@H](O)[C@@H](O)C(=O)N1CCN(c2ccccc2)CC1. The molecule has 0 saturated carbocycles. The van der Waals surface area contributed by atoms with Crippen molar-refractivity contribution >= 4 is 17.4 Å². The second-order valence-corrected chi connectivity index (χ2v) is 9.28. The van der Waals surface area contributed by atoms with Crippen LogP contribution in [0.3, 0.4) is 0 Å². The highest BCUT2D eigenvalue weighted by atomic mass is 19.4. The molecule has 0 bridgehead atoms. The maximum atomic E-state index is 12.9. The van der Waals surface area contributed by atoms with Crippen molar-refractivity contribution in [1.82, 2.24) is 4.90 Å². The summed E-state index contributed by atoms with van der Waals surface area (Å²) in [6.07, 6.45) is -8.04. The van der Waals surface area contributed by atoms with Crippen molar-refractivity contribution in [1.29, 1.82) is 0 Å². The summed E-state index contributed by atoms with van der Waals surface area (Å²) in [7, 11) is 0. The number of anilines is 1. The third kappa shape index (κ3) is 7.36. The third-order valence-electron chi connectivity index (χ3n) is 6.58. The van der Waals surface area contributed by atoms with E-state index >= 15 is 0 Å². The lowest BCUT2D eigenvalue weighted by molar-refractivity contribution is -0.152. The molecule has 0 spiro atoms. The normalized spacial score (nSPS) is 15.5. The van der Waals surface area contributed by atoms with Gasteiger partial charge in [0.05, 0.1) is 5.56 Å². The Labute approximate surface area is 224 Å². The Balaban J connectivity index is 1.24. The van der Waals surface area contributed by atoms with Crippen LogP contribution < -0.4 is 9.64 Å². The number of halogens is 3. The van der Waals surface area contributed by atoms with Gasteiger partial charge in [0.1, 0.15) is 17.6 Å². The number of carbonyl (C=O) groups is 2. The minimum atomic E-state index is -4.48. The quantitative estimate of drug-likeness (QED) is 0.424. The number of aliphatic hydroxyl groups is 2. The summed E-state index contributed by atoms with van der Waals surface area (Å²) in [5.41, 5.74) is 0.934. The number of hydrogen-bond acceptors (Lipinski definition) is 6. The molecule has 3 aromatic rings. The molecule has 4 rings (SSSR count). The highest BCUT2D eigenvalue weighted by Crippen LogP contribution is 2.32. The number of ether oxygens (including phenoxy) is 1. The number of rotatable bonds is 9. The first kappa shape index (κ1) is 28.1. The van der Waals surface area contributed by atoms with Gasteiger partial charge < -0.3 is 24.7 Å². The Morgan fingerprint density at radius 3 is 2.13 bits per heavy atom. The molecule has 2 N–H and O–H groups in total. The minimum Gasteiger partial charge on any atom is -0.457 e. The number of alkyl halides is 3. The van der Waals surface area contributed by atoms with Gasteiger partial charge in [-0.25, -0.2) is 0 Å². The zero-order valence-electron chi connectivity index (χ0n) is 21.1. The monoisotopic (exact) mass is 542 g/mol. The van der Waals surface area contributed by atoms with Gasteiger partial charge in [-0.3, -0.25) is 9.59 Å². The van der Waals surface area contributed by atoms with Crippen molar-refractivity contribution in [3.05, 3.63) is 90.0 Å². The number of carbonyl (C=O) groups excluding carboxylic acids is 2. The van der Waals surface area contributed by atoms with Gasteiger partial charge in [-0.05, 0) is 54.4 Å². The van der Waals surface area contributed by atoms with Crippen LogP contribution >= 0.6 is 0 Å². The summed E-state index contributed by atoms with van der Waals surface area (Å²) in [5.74, 6) is -0.989.